The van der Waals surface area contributed by atoms with Gasteiger partial charge in [-0.1, -0.05) is 41.6 Å². The van der Waals surface area contributed by atoms with E-state index < -0.39 is 17.0 Å². The van der Waals surface area contributed by atoms with Gasteiger partial charge in [-0.15, -0.1) is 0 Å². The second kappa shape index (κ2) is 13.3. The van der Waals surface area contributed by atoms with E-state index >= 15 is 8.78 Å². The van der Waals surface area contributed by atoms with Crippen LogP contribution in [-0.2, 0) is 24.2 Å². The quantitative estimate of drug-likeness (QED) is 0.139. The van der Waals surface area contributed by atoms with Crippen LogP contribution < -0.4 is 14.2 Å². The van der Waals surface area contributed by atoms with E-state index in [0.29, 0.717) is 27.4 Å². The topological polar surface area (TPSA) is 45.5 Å². The molecule has 0 bridgehead atoms. The van der Waals surface area contributed by atoms with Crippen LogP contribution in [0.4, 0.5) is 13.2 Å². The van der Waals surface area contributed by atoms with E-state index in [9.17, 15) is 4.39 Å². The molecule has 0 spiro atoms. The van der Waals surface area contributed by atoms with Crippen LogP contribution in [0.2, 0.25) is 5.02 Å². The van der Waals surface area contributed by atoms with Gasteiger partial charge >= 0.3 is 0 Å². The Kier molecular flexibility index (Phi) is 9.25. The molecule has 238 valence electrons. The Morgan fingerprint density at radius 1 is 0.913 bits per heavy atom. The van der Waals surface area contributed by atoms with Crippen molar-refractivity contribution >= 4 is 23.4 Å². The average Bonchev–Trinajstić information content (AvgIpc) is 3.45. The van der Waals surface area contributed by atoms with E-state index in [1.807, 2.05) is 34.9 Å². The van der Waals surface area contributed by atoms with Crippen LogP contribution in [0, 0.1) is 17.5 Å². The van der Waals surface area contributed by atoms with Gasteiger partial charge < -0.3 is 14.2 Å². The summed E-state index contributed by atoms with van der Waals surface area (Å²) in [6.45, 7) is 2.25. The van der Waals surface area contributed by atoms with Crippen LogP contribution in [0.1, 0.15) is 47.8 Å². The molecule has 0 aliphatic heterocycles. The number of thioether (sulfide) groups is 1. The molecule has 5 nitrogen and oxygen atoms in total. The third-order valence-corrected chi connectivity index (χ3v) is 9.73. The van der Waals surface area contributed by atoms with Crippen LogP contribution in [0.5, 0.6) is 17.2 Å². The van der Waals surface area contributed by atoms with Crippen LogP contribution in [0.25, 0.3) is 5.69 Å². The normalized spacial score (nSPS) is 15.8. The maximum absolute atomic E-state index is 15.7. The molecule has 10 heteroatoms. The summed E-state index contributed by atoms with van der Waals surface area (Å²) < 4.78 is 63.3. The zero-order valence-corrected chi connectivity index (χ0v) is 27.2. The van der Waals surface area contributed by atoms with E-state index in [1.165, 1.54) is 36.0 Å². The molecule has 0 fully saturated rings. The van der Waals surface area contributed by atoms with Gasteiger partial charge in [-0.2, -0.15) is 0 Å². The summed E-state index contributed by atoms with van der Waals surface area (Å²) in [5.41, 5.74) is 3.71. The summed E-state index contributed by atoms with van der Waals surface area (Å²) in [4.78, 5) is 5.01. The first kappa shape index (κ1) is 31.9. The van der Waals surface area contributed by atoms with Crippen molar-refractivity contribution < 1.29 is 27.4 Å². The lowest BCUT2D eigenvalue weighted by Gasteiger charge is -2.36. The van der Waals surface area contributed by atoms with Crippen LogP contribution >= 0.6 is 23.4 Å². The highest BCUT2D eigenvalue weighted by Gasteiger charge is 2.40. The second-order valence-electron chi connectivity index (χ2n) is 11.3. The van der Waals surface area contributed by atoms with Gasteiger partial charge in [0.25, 0.3) is 0 Å². The van der Waals surface area contributed by atoms with Gasteiger partial charge in [-0.05, 0) is 98.0 Å². The highest BCUT2D eigenvalue weighted by Crippen LogP contribution is 2.47. The molecular weight excluding hydrogens is 633 g/mol. The molecule has 1 aliphatic carbocycles. The number of aromatic nitrogens is 2. The summed E-state index contributed by atoms with van der Waals surface area (Å²) in [7, 11) is 3.16. The highest BCUT2D eigenvalue weighted by molar-refractivity contribution is 7.98. The van der Waals surface area contributed by atoms with Gasteiger partial charge in [0.05, 0.1) is 30.6 Å². The summed E-state index contributed by atoms with van der Waals surface area (Å²) in [5.74, 6) is -0.626. The fourth-order valence-corrected chi connectivity index (χ4v) is 7.19. The molecule has 1 unspecified atom stereocenters. The SMILES string of the molecule is COc1ccc(COc2ccc(F)c(CSc3nc4c(n3-c3ccc(F)cc3)C(C)(c3ccc(Cl)c(OC)c3)CCC4)c2F)cc1. The van der Waals surface area contributed by atoms with E-state index in [4.69, 9.17) is 30.8 Å². The number of hydrogen-bond acceptors (Lipinski definition) is 5. The number of benzene rings is 4. The first-order chi connectivity index (χ1) is 22.2. The van der Waals surface area contributed by atoms with Gasteiger partial charge in [0.1, 0.15) is 29.7 Å². The molecule has 6 rings (SSSR count). The summed E-state index contributed by atoms with van der Waals surface area (Å²) in [6.07, 6.45) is 2.43. The fraction of sp³-hybridized carbons (Fsp3) is 0.250. The monoisotopic (exact) mass is 664 g/mol. The van der Waals surface area contributed by atoms with Crippen molar-refractivity contribution in [3.8, 4) is 22.9 Å². The summed E-state index contributed by atoms with van der Waals surface area (Å²) in [6, 6.07) is 21.6. The number of aryl methyl sites for hydroxylation is 1. The Labute approximate surface area is 275 Å². The summed E-state index contributed by atoms with van der Waals surface area (Å²) in [5, 5.41) is 1.06. The predicted octanol–water partition coefficient (Wildman–Crippen LogP) is 9.47. The van der Waals surface area contributed by atoms with Crippen LogP contribution in [0.3, 0.4) is 0 Å². The number of halogens is 4. The van der Waals surface area contributed by atoms with E-state index in [0.717, 1.165) is 41.8 Å². The predicted molar refractivity (Wildman–Crippen MR) is 174 cm³/mol. The Balaban J connectivity index is 1.35. The highest BCUT2D eigenvalue weighted by atomic mass is 35.5. The lowest BCUT2D eigenvalue weighted by molar-refractivity contribution is 0.288. The van der Waals surface area contributed by atoms with Crippen molar-refractivity contribution in [3.63, 3.8) is 0 Å². The third kappa shape index (κ3) is 6.18. The number of imidazole rings is 1. The zero-order chi connectivity index (χ0) is 32.4. The van der Waals surface area contributed by atoms with Gasteiger partial charge in [0.15, 0.2) is 16.7 Å². The minimum Gasteiger partial charge on any atom is -0.497 e. The van der Waals surface area contributed by atoms with Crippen molar-refractivity contribution in [2.45, 2.75) is 49.1 Å². The maximum atomic E-state index is 15.7. The molecule has 0 radical (unpaired) electrons. The molecule has 0 N–H and O–H groups in total. The minimum atomic E-state index is -0.760. The number of rotatable bonds is 10. The molecule has 1 aromatic heterocycles. The van der Waals surface area contributed by atoms with Crippen molar-refractivity contribution in [2.75, 3.05) is 14.2 Å². The van der Waals surface area contributed by atoms with Gasteiger partial charge in [-0.25, -0.2) is 18.2 Å². The average molecular weight is 665 g/mol. The second-order valence-corrected chi connectivity index (χ2v) is 12.6. The van der Waals surface area contributed by atoms with Crippen molar-refractivity contribution in [1.29, 1.82) is 0 Å². The molecule has 4 aromatic carbocycles. The van der Waals surface area contributed by atoms with E-state index in [2.05, 4.69) is 6.92 Å². The van der Waals surface area contributed by atoms with Crippen LogP contribution in [-0.4, -0.2) is 23.8 Å². The molecule has 0 saturated carbocycles. The standard InChI is InChI=1S/C36H32ClF3N2O3S/c1-36(23-8-15-28(37)32(19-23)44-3)18-4-5-30-34(36)42(25-11-9-24(38)10-12-25)35(41-30)46-21-27-29(39)16-17-31(33(27)40)45-20-22-6-13-26(43-2)14-7-22/h6-17,19H,4-5,18,20-21H2,1-3H3. The summed E-state index contributed by atoms with van der Waals surface area (Å²) >= 11 is 7.59. The van der Waals surface area contributed by atoms with Gasteiger partial charge in [0.2, 0.25) is 0 Å². The Hall–Kier alpha value is -4.08. The van der Waals surface area contributed by atoms with Gasteiger partial charge in [-0.3, -0.25) is 4.57 Å². The van der Waals surface area contributed by atoms with E-state index in [-0.39, 0.29) is 29.5 Å². The van der Waals surface area contributed by atoms with Crippen molar-refractivity contribution in [1.82, 2.24) is 9.55 Å². The lowest BCUT2D eigenvalue weighted by Crippen LogP contribution is -2.31. The molecule has 1 aliphatic rings. The molecule has 5 aromatic rings. The molecule has 0 saturated heterocycles. The molecular formula is C36H32ClF3N2O3S. The maximum Gasteiger partial charge on any atom is 0.173 e. The Morgan fingerprint density at radius 3 is 2.39 bits per heavy atom. The first-order valence-electron chi connectivity index (χ1n) is 14.8. The first-order valence-corrected chi connectivity index (χ1v) is 16.2. The van der Waals surface area contributed by atoms with Crippen molar-refractivity contribution in [3.05, 3.63) is 129 Å². The number of methoxy groups -OCH3 is 2. The van der Waals surface area contributed by atoms with Crippen LogP contribution in [0.15, 0.2) is 84.0 Å². The molecule has 1 atom stereocenters. The number of ether oxygens (including phenoxy) is 3. The fourth-order valence-electron chi connectivity index (χ4n) is 5.96. The molecule has 0 amide bonds. The minimum absolute atomic E-state index is 0.0417. The number of hydrogen-bond donors (Lipinski definition) is 0. The molecule has 46 heavy (non-hydrogen) atoms. The number of nitrogens with zero attached hydrogens (tertiary/aromatic N) is 2. The van der Waals surface area contributed by atoms with E-state index in [1.54, 1.807) is 38.5 Å². The largest absolute Gasteiger partial charge is 0.497 e. The Bertz CT molecular complexity index is 1860. The third-order valence-electron chi connectivity index (χ3n) is 8.45. The zero-order valence-electron chi connectivity index (χ0n) is 25.6. The molecule has 1 heterocycles. The number of fused-ring (bicyclic) bond motifs is 1. The van der Waals surface area contributed by atoms with Gasteiger partial charge in [0, 0.05) is 22.4 Å². The smallest absolute Gasteiger partial charge is 0.173 e. The Morgan fingerprint density at radius 2 is 1.67 bits per heavy atom. The lowest BCUT2D eigenvalue weighted by atomic mass is 9.71. The van der Waals surface area contributed by atoms with Crippen molar-refractivity contribution in [2.24, 2.45) is 0 Å².